The Balaban J connectivity index is 1.52. The van der Waals surface area contributed by atoms with Crippen molar-refractivity contribution in [3.63, 3.8) is 0 Å². The summed E-state index contributed by atoms with van der Waals surface area (Å²) in [6.45, 7) is 1.74. The predicted molar refractivity (Wildman–Crippen MR) is 148 cm³/mol. The fourth-order valence-electron chi connectivity index (χ4n) is 5.00. The summed E-state index contributed by atoms with van der Waals surface area (Å²) in [7, 11) is -4.42. The van der Waals surface area contributed by atoms with Gasteiger partial charge in [0.1, 0.15) is 0 Å². The van der Waals surface area contributed by atoms with Gasteiger partial charge in [0.2, 0.25) is 0 Å². The van der Waals surface area contributed by atoms with Crippen LogP contribution in [0.1, 0.15) is 44.9 Å². The number of hydrogen-bond acceptors (Lipinski definition) is 7. The molecule has 2 aromatic carbocycles. The first-order valence-electron chi connectivity index (χ1n) is 13.6. The Labute approximate surface area is 254 Å². The minimum absolute atomic E-state index is 0.0324. The number of likely N-dealkylation sites (tertiary alicyclic amines) is 1. The molecule has 2 fully saturated rings. The molecule has 0 spiro atoms. The zero-order valence-corrected chi connectivity index (χ0v) is 26.3. The summed E-state index contributed by atoms with van der Waals surface area (Å²) < 4.78 is 56.8. The molecule has 14 heteroatoms. The van der Waals surface area contributed by atoms with E-state index >= 15 is 4.39 Å². The first-order chi connectivity index (χ1) is 19.5. The van der Waals surface area contributed by atoms with Gasteiger partial charge in [-0.05, 0) is 0 Å². The zero-order chi connectivity index (χ0) is 29.5. The van der Waals surface area contributed by atoms with Gasteiger partial charge in [-0.1, -0.05) is 0 Å². The van der Waals surface area contributed by atoms with Gasteiger partial charge in [0.15, 0.2) is 0 Å². The van der Waals surface area contributed by atoms with Crippen LogP contribution in [-0.4, -0.2) is 70.8 Å². The summed E-state index contributed by atoms with van der Waals surface area (Å²) in [5.74, 6) is -0.539. The van der Waals surface area contributed by atoms with Crippen LogP contribution in [0.15, 0.2) is 58.3 Å². The SMILES string of the molecule is O=C(NS(=O)(=O)c1ccc(N[C@H](CCN2CC[C@H](F)C2)CSc2ccccc2)c([I-][N+](=O)O)c1)C1(F)CCCCC1. The standard InChI is InChI=1S/C27H35F2IN4O5S2/c28-20-11-15-33(18-20)16-12-21(19-40-22-7-3-1-4-8-22)31-25-10-9-23(17-24(25)30-34(36)37)41(38,39)32-26(35)27(29)13-5-2-6-14-27/h1,3-4,7-10,17,20-21,31H,2,5-6,11-16,18-19H2,(H,32,35)(H,36,37)/t20-,21+/m0/s1. The summed E-state index contributed by atoms with van der Waals surface area (Å²) in [6.07, 6.45) is 2.08. The van der Waals surface area contributed by atoms with E-state index in [9.17, 15) is 27.7 Å². The molecule has 1 saturated heterocycles. The van der Waals surface area contributed by atoms with Crippen LogP contribution >= 0.6 is 11.8 Å². The van der Waals surface area contributed by atoms with Crippen molar-refractivity contribution in [3.8, 4) is 0 Å². The van der Waals surface area contributed by atoms with Gasteiger partial charge in [-0.25, -0.2) is 0 Å². The van der Waals surface area contributed by atoms with E-state index < -0.39 is 49.2 Å². The molecule has 2 aromatic rings. The van der Waals surface area contributed by atoms with Gasteiger partial charge in [0.05, 0.1) is 0 Å². The van der Waals surface area contributed by atoms with E-state index in [2.05, 4.69) is 10.2 Å². The Kier molecular flexibility index (Phi) is 11.2. The number of halogens is 3. The molecule has 0 unspecified atom stereocenters. The molecule has 3 N–H and O–H groups in total. The number of carbonyl (C=O) groups is 1. The second-order valence-corrected chi connectivity index (χ2v) is 15.6. The number of nitrogens with one attached hydrogen (secondary N) is 2. The molecular weight excluding hydrogens is 689 g/mol. The third-order valence-electron chi connectivity index (χ3n) is 7.26. The van der Waals surface area contributed by atoms with Gasteiger partial charge in [-0.3, -0.25) is 0 Å². The van der Waals surface area contributed by atoms with Gasteiger partial charge in [-0.15, -0.1) is 0 Å². The molecule has 226 valence electrons. The third kappa shape index (κ3) is 9.22. The van der Waals surface area contributed by atoms with Crippen LogP contribution in [0.2, 0.25) is 0 Å². The summed E-state index contributed by atoms with van der Waals surface area (Å²) in [5, 5.41) is 12.9. The summed E-state index contributed by atoms with van der Waals surface area (Å²) in [5.41, 5.74) is -1.75. The Bertz CT molecular complexity index is 1320. The molecular formula is C27H35F2IN4O5S2. The topological polar surface area (TPSA) is 119 Å². The number of anilines is 1. The van der Waals surface area contributed by atoms with Gasteiger partial charge in [-0.2, -0.15) is 0 Å². The Hall–Kier alpha value is -2.04. The number of hydrogen-bond donors (Lipinski definition) is 3. The first kappa shape index (κ1) is 31.9. The van der Waals surface area contributed by atoms with Crippen molar-refractivity contribution in [2.45, 2.75) is 72.6 Å². The van der Waals surface area contributed by atoms with Gasteiger partial charge >= 0.3 is 255 Å². The van der Waals surface area contributed by atoms with E-state index in [1.807, 2.05) is 35.1 Å². The van der Waals surface area contributed by atoms with Crippen LogP contribution in [0.25, 0.3) is 0 Å². The third-order valence-corrected chi connectivity index (χ3v) is 11.6. The van der Waals surface area contributed by atoms with E-state index in [-0.39, 0.29) is 26.9 Å². The maximum absolute atomic E-state index is 15.1. The fraction of sp³-hybridized carbons (Fsp3) is 0.519. The van der Waals surface area contributed by atoms with Gasteiger partial charge in [0.25, 0.3) is 0 Å². The van der Waals surface area contributed by atoms with Crippen LogP contribution in [0.4, 0.5) is 14.5 Å². The quantitative estimate of drug-likeness (QED) is 0.123. The number of amides is 1. The van der Waals surface area contributed by atoms with Crippen LogP contribution in [0, 0.1) is 8.48 Å². The van der Waals surface area contributed by atoms with E-state index in [1.54, 1.807) is 11.8 Å². The number of alkyl halides is 2. The minimum atomic E-state index is -4.42. The van der Waals surface area contributed by atoms with Crippen molar-refractivity contribution in [1.29, 1.82) is 0 Å². The maximum atomic E-state index is 15.1. The normalized spacial score (nSPS) is 20.0. The van der Waals surface area contributed by atoms with E-state index in [1.165, 1.54) is 18.2 Å². The van der Waals surface area contributed by atoms with Crippen LogP contribution in [0.5, 0.6) is 0 Å². The number of sulfonamides is 1. The number of nitrogens with zero attached hydrogens (tertiary/aromatic N) is 2. The molecule has 1 heterocycles. The molecule has 2 aliphatic rings. The van der Waals surface area contributed by atoms with E-state index in [0.717, 1.165) is 11.3 Å². The number of benzene rings is 2. The van der Waals surface area contributed by atoms with Crippen molar-refractivity contribution >= 4 is 33.4 Å². The Morgan fingerprint density at radius 1 is 1.20 bits per heavy atom. The number of carbonyl (C=O) groups excluding carboxylic acids is 1. The summed E-state index contributed by atoms with van der Waals surface area (Å²) in [4.78, 5) is 27.1. The zero-order valence-electron chi connectivity index (χ0n) is 22.5. The number of rotatable bonds is 13. The molecule has 0 bridgehead atoms. The molecule has 0 aromatic heterocycles. The molecule has 1 saturated carbocycles. The van der Waals surface area contributed by atoms with E-state index in [0.29, 0.717) is 60.3 Å². The van der Waals surface area contributed by atoms with Gasteiger partial charge in [0, 0.05) is 0 Å². The average Bonchev–Trinajstić information content (AvgIpc) is 3.36. The molecule has 1 amide bonds. The van der Waals surface area contributed by atoms with E-state index in [4.69, 9.17) is 0 Å². The molecule has 1 aliphatic heterocycles. The first-order valence-corrected chi connectivity index (χ1v) is 18.1. The Morgan fingerprint density at radius 2 is 1.93 bits per heavy atom. The van der Waals surface area contributed by atoms with Crippen LogP contribution in [-0.2, 0) is 14.8 Å². The van der Waals surface area contributed by atoms with Gasteiger partial charge < -0.3 is 0 Å². The van der Waals surface area contributed by atoms with Crippen molar-refractivity contribution in [1.82, 2.24) is 9.62 Å². The second kappa shape index (κ2) is 14.4. The predicted octanol–water partition coefficient (Wildman–Crippen LogP) is 1.51. The molecule has 4 rings (SSSR count). The summed E-state index contributed by atoms with van der Waals surface area (Å²) in [6, 6.07) is 13.7. The number of thioether (sulfide) groups is 1. The second-order valence-electron chi connectivity index (χ2n) is 10.4. The average molecular weight is 725 g/mol. The van der Waals surface area contributed by atoms with Crippen LogP contribution in [0.3, 0.4) is 0 Å². The monoisotopic (exact) mass is 724 g/mol. The van der Waals surface area contributed by atoms with Crippen LogP contribution < -0.4 is 31.5 Å². The molecule has 2 atom stereocenters. The van der Waals surface area contributed by atoms with Crippen molar-refractivity contribution in [2.75, 3.05) is 30.7 Å². The van der Waals surface area contributed by atoms with Crippen molar-refractivity contribution in [3.05, 3.63) is 57.0 Å². The molecule has 9 nitrogen and oxygen atoms in total. The molecule has 1 aliphatic carbocycles. The Morgan fingerprint density at radius 3 is 2.59 bits per heavy atom. The van der Waals surface area contributed by atoms with Crippen molar-refractivity contribution in [2.24, 2.45) is 0 Å². The van der Waals surface area contributed by atoms with Crippen molar-refractivity contribution < 1.29 is 51.8 Å². The molecule has 0 radical (unpaired) electrons. The molecule has 41 heavy (non-hydrogen) atoms. The fourth-order valence-corrected chi connectivity index (χ4v) is 8.78. The summed E-state index contributed by atoms with van der Waals surface area (Å²) >= 11 is -0.0912.